The number of rotatable bonds is 11. The van der Waals surface area contributed by atoms with Gasteiger partial charge in [-0.1, -0.05) is 67.9 Å². The summed E-state index contributed by atoms with van der Waals surface area (Å²) in [6, 6.07) is 27.7. The largest absolute Gasteiger partial charge is 0.496 e. The summed E-state index contributed by atoms with van der Waals surface area (Å²) in [5, 5.41) is 4.52. The minimum absolute atomic E-state index is 0.0930. The van der Waals surface area contributed by atoms with Crippen molar-refractivity contribution in [3.05, 3.63) is 203 Å². The van der Waals surface area contributed by atoms with Crippen LogP contribution in [0.5, 0.6) is 17.2 Å². The van der Waals surface area contributed by atoms with Gasteiger partial charge in [-0.05, 0) is 147 Å². The summed E-state index contributed by atoms with van der Waals surface area (Å²) < 4.78 is 28.8. The lowest BCUT2D eigenvalue weighted by Gasteiger charge is -2.35. The van der Waals surface area contributed by atoms with Crippen molar-refractivity contribution < 1.29 is 18.4 Å². The molecule has 434 valence electrons. The number of thioether (sulfide) groups is 1. The van der Waals surface area contributed by atoms with E-state index in [0.29, 0.717) is 11.1 Å². The van der Waals surface area contributed by atoms with Gasteiger partial charge in [0.05, 0.1) is 50.3 Å². The first-order valence-electron chi connectivity index (χ1n) is 28.7. The number of methoxy groups -OCH3 is 3. The molecule has 0 saturated carbocycles. The predicted molar refractivity (Wildman–Crippen MR) is 344 cm³/mol. The smallest absolute Gasteiger partial charge is 0.229 e. The maximum Gasteiger partial charge on any atom is 0.229 e. The number of anilines is 6. The highest BCUT2D eigenvalue weighted by Crippen LogP contribution is 2.50. The van der Waals surface area contributed by atoms with E-state index < -0.39 is 10.8 Å². The Hall–Kier alpha value is -8.58. The van der Waals surface area contributed by atoms with Crippen molar-refractivity contribution in [3.63, 3.8) is 0 Å². The van der Waals surface area contributed by atoms with E-state index in [-0.39, 0.29) is 18.1 Å². The molecule has 3 aromatic heterocycles. The van der Waals surface area contributed by atoms with Crippen LogP contribution < -0.4 is 39.1 Å². The number of nitrogens with zero attached hydrogens (tertiary/aromatic N) is 11. The fraction of sp³-hybridized carbons (Fsp3) is 0.284. The first-order valence-corrected chi connectivity index (χ1v) is 31.5. The van der Waals surface area contributed by atoms with Crippen LogP contribution in [0.4, 0.5) is 34.8 Å². The van der Waals surface area contributed by atoms with Crippen molar-refractivity contribution in [2.45, 2.75) is 67.0 Å². The van der Waals surface area contributed by atoms with Crippen LogP contribution in [0.1, 0.15) is 87.5 Å². The minimum atomic E-state index is -1.23. The molecule has 0 amide bonds. The number of likely N-dealkylation sites (N-methyl/N-ethyl adjacent to an activating group) is 1. The number of aromatic nitrogens is 6. The van der Waals surface area contributed by atoms with Crippen molar-refractivity contribution in [2.24, 2.45) is 0 Å². The topological polar surface area (TPSA) is 150 Å². The molecule has 14 rings (SSSR count). The van der Waals surface area contributed by atoms with Crippen LogP contribution in [0, 0.1) is 0 Å². The molecule has 85 heavy (non-hydrogen) atoms. The summed E-state index contributed by atoms with van der Waals surface area (Å²) in [7, 11) is 6.12. The predicted octanol–water partition coefficient (Wildman–Crippen LogP) is 12.5. The van der Waals surface area contributed by atoms with E-state index in [2.05, 4.69) is 131 Å². The molecule has 3 aliphatic carbocycles. The number of nitrogens with one attached hydrogen (secondary N) is 1. The molecule has 16 nitrogen and oxygen atoms in total. The Bertz CT molecular complexity index is 3860. The summed E-state index contributed by atoms with van der Waals surface area (Å²) in [6.45, 7) is 17.1. The third kappa shape index (κ3) is 11.2. The van der Waals surface area contributed by atoms with Crippen molar-refractivity contribution in [3.8, 4) is 17.2 Å². The maximum absolute atomic E-state index is 11.8. The normalized spacial score (nSPS) is 19.1. The van der Waals surface area contributed by atoms with E-state index in [1.54, 1.807) is 45.5 Å². The molecule has 0 spiro atoms. The van der Waals surface area contributed by atoms with E-state index >= 15 is 0 Å². The molecule has 1 N–H and O–H groups in total. The van der Waals surface area contributed by atoms with Crippen LogP contribution in [-0.2, 0) is 30.1 Å². The second kappa shape index (κ2) is 24.6. The van der Waals surface area contributed by atoms with Gasteiger partial charge in [-0.25, -0.2) is 24.9 Å². The highest BCUT2D eigenvalue weighted by molar-refractivity contribution is 7.98. The summed E-state index contributed by atoms with van der Waals surface area (Å²) >= 11 is 1.55. The quantitative estimate of drug-likeness (QED) is 0.0965. The van der Waals surface area contributed by atoms with E-state index in [1.807, 2.05) is 79.4 Å². The summed E-state index contributed by atoms with van der Waals surface area (Å²) in [5.74, 6) is 5.90. The SMILES string of the molecule is C=C1C=Cc2cnc(Nc3ccc(N4CCN(C)CC4)cc3)nc2N1C1CCc2cccc(OC)c21.C=C1C=Cc2cnc(S(C)=O)nc2N1C1CCc2cccc(OC)c21.C=C1C=Cc2cnc(SC)nc2N1C1CCc2cccc(OC)c21. The molecule has 7 aromatic rings. The van der Waals surface area contributed by atoms with Gasteiger partial charge in [0, 0.05) is 113 Å². The van der Waals surface area contributed by atoms with Gasteiger partial charge >= 0.3 is 0 Å². The molecular weight excluding hydrogens is 1100 g/mol. The molecular formula is C67H70N12O4S2. The van der Waals surface area contributed by atoms with Crippen molar-refractivity contribution in [2.75, 3.05) is 92.0 Å². The number of aryl methyl sites for hydroxylation is 3. The van der Waals surface area contributed by atoms with Crippen LogP contribution in [0.3, 0.4) is 0 Å². The van der Waals surface area contributed by atoms with Gasteiger partial charge < -0.3 is 44.0 Å². The van der Waals surface area contributed by atoms with Crippen molar-refractivity contribution in [1.82, 2.24) is 34.8 Å². The minimum Gasteiger partial charge on any atom is -0.496 e. The number of ether oxygens (including phenoxy) is 3. The molecule has 7 heterocycles. The van der Waals surface area contributed by atoms with Crippen molar-refractivity contribution in [1.29, 1.82) is 0 Å². The van der Waals surface area contributed by atoms with E-state index in [0.717, 1.165) is 144 Å². The van der Waals surface area contributed by atoms with Crippen LogP contribution in [0.25, 0.3) is 18.2 Å². The van der Waals surface area contributed by atoms with Gasteiger partial charge in [-0.15, -0.1) is 0 Å². The van der Waals surface area contributed by atoms with Crippen molar-refractivity contribution >= 4 is 75.6 Å². The zero-order valence-electron chi connectivity index (χ0n) is 49.0. The summed E-state index contributed by atoms with van der Waals surface area (Å²) in [5.41, 5.74) is 15.5. The van der Waals surface area contributed by atoms with Gasteiger partial charge in [-0.2, -0.15) is 4.98 Å². The molecule has 18 heteroatoms. The van der Waals surface area contributed by atoms with E-state index in [9.17, 15) is 4.21 Å². The van der Waals surface area contributed by atoms with Gasteiger partial charge in [0.25, 0.3) is 0 Å². The zero-order valence-corrected chi connectivity index (χ0v) is 50.6. The Morgan fingerprint density at radius 2 is 0.988 bits per heavy atom. The van der Waals surface area contributed by atoms with E-state index in [4.69, 9.17) is 24.2 Å². The number of piperazine rings is 1. The van der Waals surface area contributed by atoms with E-state index in [1.165, 1.54) is 39.1 Å². The number of hydrogen-bond acceptors (Lipinski definition) is 17. The molecule has 1 fully saturated rings. The van der Waals surface area contributed by atoms with Gasteiger partial charge in [0.1, 0.15) is 34.7 Å². The fourth-order valence-electron chi connectivity index (χ4n) is 12.7. The number of benzene rings is 4. The Kier molecular flexibility index (Phi) is 16.4. The molecule has 7 aliphatic rings. The lowest BCUT2D eigenvalue weighted by molar-refractivity contribution is 0.313. The second-order valence-electron chi connectivity index (χ2n) is 21.8. The standard InChI is InChI=1S/C29H32N6O.C19H19N3O2S.C19H19N3OS/c1-20-7-8-22-19-30-29(31-23-10-12-24(13-11-23)34-17-15-33(2)16-18-34)32-28(22)35(20)25-14-9-21-5-4-6-26(36-3)27(21)25;1-12-7-8-14-11-20-19(25(3)23)21-18(14)22(12)15-10-9-13-5-4-6-16(24-2)17(13)15;1-12-7-8-14-11-20-19(24-3)21-18(14)22(12)15-10-9-13-5-4-6-16(23-2)17(13)15/h4-8,10-13,19,25H,1,9,14-18H2,2-3H3,(H,30,31,32);4-8,11,15H,1,9-10H2,2-3H3;4-8,11,15H,1,9-10H2,2-3H3. The Balaban J connectivity index is 0.000000129. The number of allylic oxidation sites excluding steroid dienone is 3. The maximum atomic E-state index is 11.8. The van der Waals surface area contributed by atoms with Crippen LogP contribution in [-0.4, -0.2) is 106 Å². The average molecular weight is 1170 g/mol. The summed E-state index contributed by atoms with van der Waals surface area (Å²) in [4.78, 5) is 38.9. The molecule has 4 aliphatic heterocycles. The highest BCUT2D eigenvalue weighted by atomic mass is 32.2. The van der Waals surface area contributed by atoms with Gasteiger partial charge in [0.2, 0.25) is 11.1 Å². The molecule has 1 saturated heterocycles. The Morgan fingerprint density at radius 3 is 1.44 bits per heavy atom. The highest BCUT2D eigenvalue weighted by Gasteiger charge is 2.38. The molecule has 4 atom stereocenters. The third-order valence-corrected chi connectivity index (χ3v) is 18.2. The first-order chi connectivity index (χ1) is 41.4. The summed E-state index contributed by atoms with van der Waals surface area (Å²) in [6.07, 6.45) is 27.2. The lowest BCUT2D eigenvalue weighted by atomic mass is 10.0. The monoisotopic (exact) mass is 1170 g/mol. The van der Waals surface area contributed by atoms with Crippen LogP contribution in [0.15, 0.2) is 163 Å². The van der Waals surface area contributed by atoms with Gasteiger partial charge in [0.15, 0.2) is 5.16 Å². The molecule has 4 aromatic carbocycles. The first kappa shape index (κ1) is 56.9. The average Bonchev–Trinajstić information content (AvgIpc) is 4.46. The Labute approximate surface area is 504 Å². The molecule has 4 unspecified atom stereocenters. The van der Waals surface area contributed by atoms with Crippen LogP contribution in [0.2, 0.25) is 0 Å². The fourth-order valence-corrected chi connectivity index (χ4v) is 13.5. The Morgan fingerprint density at radius 1 is 0.553 bits per heavy atom. The molecule has 0 radical (unpaired) electrons. The third-order valence-electron chi connectivity index (χ3n) is 16.9. The lowest BCUT2D eigenvalue weighted by Crippen LogP contribution is -2.44. The zero-order chi connectivity index (χ0) is 58.9. The van der Waals surface area contributed by atoms with Crippen LogP contribution >= 0.6 is 11.8 Å². The number of fused-ring (bicyclic) bond motifs is 6. The van der Waals surface area contributed by atoms with Gasteiger partial charge in [-0.3, -0.25) is 4.21 Å². The molecule has 0 bridgehead atoms. The number of hydrogen-bond donors (Lipinski definition) is 1. The second-order valence-corrected chi connectivity index (χ2v) is 23.8.